The van der Waals surface area contributed by atoms with Crippen molar-refractivity contribution in [2.75, 3.05) is 13.2 Å². The van der Waals surface area contributed by atoms with Crippen molar-refractivity contribution in [3.63, 3.8) is 0 Å². The van der Waals surface area contributed by atoms with Gasteiger partial charge < -0.3 is 9.47 Å². The molecule has 0 N–H and O–H groups in total. The lowest BCUT2D eigenvalue weighted by Gasteiger charge is -2.19. The minimum Gasteiger partial charge on any atom is -0.475 e. The normalized spacial score (nSPS) is 11.0. The van der Waals surface area contributed by atoms with E-state index in [1.807, 2.05) is 27.7 Å². The minimum atomic E-state index is -0.165. The molecule has 1 aromatic rings. The molecule has 0 bridgehead atoms. The number of hydrogen-bond acceptors (Lipinski definition) is 4. The zero-order valence-corrected chi connectivity index (χ0v) is 10.8. The Morgan fingerprint density at radius 1 is 1.29 bits per heavy atom. The molecule has 1 heterocycles. The SMILES string of the molecule is Cc1cc(C#N)cc(OCCOC(C)(C)C)n1. The molecule has 0 aliphatic carbocycles. The molecular weight excluding hydrogens is 216 g/mol. The molecule has 0 saturated carbocycles. The maximum atomic E-state index is 8.81. The Morgan fingerprint density at radius 2 is 2.00 bits per heavy atom. The van der Waals surface area contributed by atoms with Gasteiger partial charge in [-0.25, -0.2) is 4.98 Å². The molecule has 1 rings (SSSR count). The Morgan fingerprint density at radius 3 is 2.59 bits per heavy atom. The van der Waals surface area contributed by atoms with Crippen LogP contribution in [0.15, 0.2) is 12.1 Å². The van der Waals surface area contributed by atoms with Crippen LogP contribution in [0.1, 0.15) is 32.0 Å². The second kappa shape index (κ2) is 5.65. The Hall–Kier alpha value is -1.60. The van der Waals surface area contributed by atoms with Gasteiger partial charge in [0, 0.05) is 11.8 Å². The lowest BCUT2D eigenvalue weighted by molar-refractivity contribution is -0.0168. The van der Waals surface area contributed by atoms with E-state index in [4.69, 9.17) is 14.7 Å². The molecule has 0 fully saturated rings. The van der Waals surface area contributed by atoms with E-state index < -0.39 is 0 Å². The predicted molar refractivity (Wildman–Crippen MR) is 64.9 cm³/mol. The number of aromatic nitrogens is 1. The second-order valence-corrected chi connectivity index (χ2v) is 4.76. The van der Waals surface area contributed by atoms with E-state index in [0.29, 0.717) is 24.7 Å². The fraction of sp³-hybridized carbons (Fsp3) is 0.538. The van der Waals surface area contributed by atoms with Crippen LogP contribution in [0.5, 0.6) is 5.88 Å². The highest BCUT2D eigenvalue weighted by Gasteiger charge is 2.09. The van der Waals surface area contributed by atoms with Gasteiger partial charge >= 0.3 is 0 Å². The maximum absolute atomic E-state index is 8.81. The average Bonchev–Trinajstić information content (AvgIpc) is 2.22. The molecule has 0 atom stereocenters. The van der Waals surface area contributed by atoms with Gasteiger partial charge in [-0.1, -0.05) is 0 Å². The van der Waals surface area contributed by atoms with Gasteiger partial charge in [0.25, 0.3) is 0 Å². The van der Waals surface area contributed by atoms with Crippen LogP contribution in [-0.2, 0) is 4.74 Å². The van der Waals surface area contributed by atoms with Gasteiger partial charge in [-0.3, -0.25) is 0 Å². The van der Waals surface area contributed by atoms with E-state index in [1.54, 1.807) is 12.1 Å². The van der Waals surface area contributed by atoms with E-state index in [2.05, 4.69) is 11.1 Å². The highest BCUT2D eigenvalue weighted by Crippen LogP contribution is 2.12. The fourth-order valence-corrected chi connectivity index (χ4v) is 1.27. The van der Waals surface area contributed by atoms with Gasteiger partial charge in [-0.2, -0.15) is 5.26 Å². The molecule has 0 aromatic carbocycles. The van der Waals surface area contributed by atoms with Crippen LogP contribution in [0.25, 0.3) is 0 Å². The zero-order chi connectivity index (χ0) is 12.9. The highest BCUT2D eigenvalue weighted by molar-refractivity contribution is 5.33. The summed E-state index contributed by atoms with van der Waals surface area (Å²) in [5.74, 6) is 0.471. The number of aryl methyl sites for hydroxylation is 1. The second-order valence-electron chi connectivity index (χ2n) is 4.76. The molecule has 4 nitrogen and oxygen atoms in total. The summed E-state index contributed by atoms with van der Waals surface area (Å²) >= 11 is 0. The van der Waals surface area contributed by atoms with E-state index >= 15 is 0 Å². The topological polar surface area (TPSA) is 55.1 Å². The summed E-state index contributed by atoms with van der Waals surface area (Å²) < 4.78 is 11.0. The van der Waals surface area contributed by atoms with Crippen LogP contribution in [-0.4, -0.2) is 23.8 Å². The summed E-state index contributed by atoms with van der Waals surface area (Å²) in [6.45, 7) is 8.74. The average molecular weight is 234 g/mol. The van der Waals surface area contributed by atoms with Gasteiger partial charge in [0.15, 0.2) is 0 Å². The number of nitrogens with zero attached hydrogens (tertiary/aromatic N) is 2. The standard InChI is InChI=1S/C13H18N2O2/c1-10-7-11(9-14)8-12(15-10)16-5-6-17-13(2,3)4/h7-8H,5-6H2,1-4H3. The van der Waals surface area contributed by atoms with Gasteiger partial charge in [0.1, 0.15) is 6.61 Å². The Balaban J connectivity index is 2.47. The quantitative estimate of drug-likeness (QED) is 0.751. The number of hydrogen-bond donors (Lipinski definition) is 0. The summed E-state index contributed by atoms with van der Waals surface area (Å²) in [5.41, 5.74) is 1.17. The van der Waals surface area contributed by atoms with Crippen LogP contribution < -0.4 is 4.74 Å². The summed E-state index contributed by atoms with van der Waals surface area (Å²) in [7, 11) is 0. The molecule has 0 spiro atoms. The minimum absolute atomic E-state index is 0.165. The summed E-state index contributed by atoms with van der Waals surface area (Å²) in [6.07, 6.45) is 0. The first-order valence-electron chi connectivity index (χ1n) is 5.56. The first-order chi connectivity index (χ1) is 7.90. The van der Waals surface area contributed by atoms with E-state index in [-0.39, 0.29) is 5.60 Å². The van der Waals surface area contributed by atoms with Gasteiger partial charge in [0.2, 0.25) is 5.88 Å². The molecule has 1 aromatic heterocycles. The Kier molecular flexibility index (Phi) is 4.47. The number of nitriles is 1. The van der Waals surface area contributed by atoms with Crippen LogP contribution in [0.4, 0.5) is 0 Å². The number of pyridine rings is 1. The fourth-order valence-electron chi connectivity index (χ4n) is 1.27. The third kappa shape index (κ3) is 5.32. The van der Waals surface area contributed by atoms with Crippen LogP contribution in [0, 0.1) is 18.3 Å². The summed E-state index contributed by atoms with van der Waals surface area (Å²) in [5, 5.41) is 8.81. The van der Waals surface area contributed by atoms with Crippen LogP contribution in [0.3, 0.4) is 0 Å². The van der Waals surface area contributed by atoms with E-state index in [9.17, 15) is 0 Å². The molecule has 17 heavy (non-hydrogen) atoms. The Labute approximate surface area is 102 Å². The molecule has 92 valence electrons. The van der Waals surface area contributed by atoms with Crippen molar-refractivity contribution in [3.8, 4) is 11.9 Å². The maximum Gasteiger partial charge on any atom is 0.214 e. The zero-order valence-electron chi connectivity index (χ0n) is 10.8. The van der Waals surface area contributed by atoms with Gasteiger partial charge in [-0.05, 0) is 33.8 Å². The lowest BCUT2D eigenvalue weighted by Crippen LogP contribution is -2.22. The molecule has 0 saturated heterocycles. The monoisotopic (exact) mass is 234 g/mol. The van der Waals surface area contributed by atoms with Gasteiger partial charge in [-0.15, -0.1) is 0 Å². The van der Waals surface area contributed by atoms with Crippen LogP contribution in [0.2, 0.25) is 0 Å². The third-order valence-corrected chi connectivity index (χ3v) is 1.93. The van der Waals surface area contributed by atoms with Gasteiger partial charge in [0.05, 0.1) is 23.8 Å². The molecule has 4 heteroatoms. The van der Waals surface area contributed by atoms with Crippen molar-refractivity contribution in [1.29, 1.82) is 5.26 Å². The number of rotatable bonds is 4. The van der Waals surface area contributed by atoms with Crippen molar-refractivity contribution in [2.24, 2.45) is 0 Å². The summed E-state index contributed by atoms with van der Waals surface area (Å²) in [6, 6.07) is 5.42. The summed E-state index contributed by atoms with van der Waals surface area (Å²) in [4.78, 5) is 4.19. The highest BCUT2D eigenvalue weighted by atomic mass is 16.5. The molecule has 0 unspecified atom stereocenters. The molecule has 0 aliphatic heterocycles. The molecule has 0 radical (unpaired) electrons. The Bertz CT molecular complexity index is 416. The predicted octanol–water partition coefficient (Wildman–Crippen LogP) is 2.46. The van der Waals surface area contributed by atoms with Crippen molar-refractivity contribution in [1.82, 2.24) is 4.98 Å². The van der Waals surface area contributed by atoms with Crippen molar-refractivity contribution >= 4 is 0 Å². The lowest BCUT2D eigenvalue weighted by atomic mass is 10.2. The van der Waals surface area contributed by atoms with E-state index in [0.717, 1.165) is 5.69 Å². The molecular formula is C13H18N2O2. The van der Waals surface area contributed by atoms with Crippen molar-refractivity contribution < 1.29 is 9.47 Å². The van der Waals surface area contributed by atoms with E-state index in [1.165, 1.54) is 0 Å². The molecule has 0 amide bonds. The first-order valence-corrected chi connectivity index (χ1v) is 5.56. The van der Waals surface area contributed by atoms with Crippen molar-refractivity contribution in [2.45, 2.75) is 33.3 Å². The van der Waals surface area contributed by atoms with Crippen molar-refractivity contribution in [3.05, 3.63) is 23.4 Å². The largest absolute Gasteiger partial charge is 0.475 e. The molecule has 0 aliphatic rings. The smallest absolute Gasteiger partial charge is 0.214 e. The first kappa shape index (κ1) is 13.5. The van der Waals surface area contributed by atoms with Crippen LogP contribution >= 0.6 is 0 Å². The number of ether oxygens (including phenoxy) is 2. The third-order valence-electron chi connectivity index (χ3n) is 1.93.